The molecule has 0 aromatic heterocycles. The van der Waals surface area contributed by atoms with E-state index in [-0.39, 0.29) is 0 Å². The van der Waals surface area contributed by atoms with Crippen LogP contribution in [0.1, 0.15) is 5.56 Å². The van der Waals surface area contributed by atoms with Crippen LogP contribution in [0.4, 0.5) is 8.78 Å². The Balaban J connectivity index is 2.89. The third-order valence-corrected chi connectivity index (χ3v) is 1.17. The van der Waals surface area contributed by atoms with E-state index in [1.165, 1.54) is 13.3 Å². The zero-order chi connectivity index (χ0) is 8.97. The molecule has 0 saturated heterocycles. The Morgan fingerprint density at radius 2 is 2.25 bits per heavy atom. The third kappa shape index (κ3) is 2.02. The Morgan fingerprint density at radius 3 is 2.83 bits per heavy atom. The van der Waals surface area contributed by atoms with Gasteiger partial charge in [0.15, 0.2) is 11.6 Å². The molecule has 0 spiro atoms. The average Bonchev–Trinajstić information content (AvgIpc) is 2.07. The second kappa shape index (κ2) is 3.80. The normalized spacial score (nSPS) is 10.6. The van der Waals surface area contributed by atoms with Crippen molar-refractivity contribution >= 4 is 6.21 Å². The van der Waals surface area contributed by atoms with Gasteiger partial charge >= 0.3 is 0 Å². The van der Waals surface area contributed by atoms with Gasteiger partial charge in [0, 0.05) is 5.56 Å². The van der Waals surface area contributed by atoms with E-state index in [1.54, 1.807) is 0 Å². The lowest BCUT2D eigenvalue weighted by atomic mass is 10.2. The maximum Gasteiger partial charge on any atom is 0.159 e. The molecule has 0 aliphatic rings. The molecule has 0 N–H and O–H groups in total. The van der Waals surface area contributed by atoms with Gasteiger partial charge in [-0.2, -0.15) is 0 Å². The fraction of sp³-hybridized carbons (Fsp3) is 0.125. The van der Waals surface area contributed by atoms with E-state index in [0.29, 0.717) is 5.56 Å². The van der Waals surface area contributed by atoms with Gasteiger partial charge in [-0.05, 0) is 18.2 Å². The standard InChI is InChI=1S/C8H6F2NO/c1-12-11-5-6-2-3-7(9)8(10)4-6/h3-5H,1H3/b11-5+. The lowest BCUT2D eigenvalue weighted by Crippen LogP contribution is -1.88. The fourth-order valence-electron chi connectivity index (χ4n) is 0.647. The molecule has 1 rings (SSSR count). The summed E-state index contributed by atoms with van der Waals surface area (Å²) < 4.78 is 24.8. The van der Waals surface area contributed by atoms with E-state index in [9.17, 15) is 8.78 Å². The SMILES string of the molecule is CO/N=C/c1[c]cc(F)c(F)c1. The van der Waals surface area contributed by atoms with Crippen molar-refractivity contribution in [2.24, 2.45) is 5.16 Å². The van der Waals surface area contributed by atoms with Crippen molar-refractivity contribution in [2.45, 2.75) is 0 Å². The first-order valence-corrected chi connectivity index (χ1v) is 3.17. The molecule has 12 heavy (non-hydrogen) atoms. The maximum absolute atomic E-state index is 12.5. The van der Waals surface area contributed by atoms with Crippen LogP contribution in [0.25, 0.3) is 0 Å². The molecular weight excluding hydrogens is 164 g/mol. The molecule has 0 saturated carbocycles. The van der Waals surface area contributed by atoms with Crippen LogP contribution >= 0.6 is 0 Å². The zero-order valence-electron chi connectivity index (χ0n) is 6.34. The summed E-state index contributed by atoms with van der Waals surface area (Å²) in [6.07, 6.45) is 1.24. The smallest absolute Gasteiger partial charge is 0.159 e. The summed E-state index contributed by atoms with van der Waals surface area (Å²) in [6.45, 7) is 0. The minimum Gasteiger partial charge on any atom is -0.399 e. The van der Waals surface area contributed by atoms with Crippen LogP contribution in [0, 0.1) is 17.7 Å². The Morgan fingerprint density at radius 1 is 1.50 bits per heavy atom. The maximum atomic E-state index is 12.5. The van der Waals surface area contributed by atoms with Gasteiger partial charge in [-0.15, -0.1) is 0 Å². The highest BCUT2D eigenvalue weighted by molar-refractivity contribution is 5.78. The first-order chi connectivity index (χ1) is 5.74. The summed E-state index contributed by atoms with van der Waals surface area (Å²) in [5, 5.41) is 3.37. The quantitative estimate of drug-likeness (QED) is 0.489. The van der Waals surface area contributed by atoms with Crippen molar-refractivity contribution in [1.29, 1.82) is 0 Å². The molecule has 63 valence electrons. The molecule has 0 atom stereocenters. The number of oxime groups is 1. The van der Waals surface area contributed by atoms with Crippen molar-refractivity contribution < 1.29 is 13.6 Å². The molecule has 0 heterocycles. The highest BCUT2D eigenvalue weighted by Crippen LogP contribution is 2.05. The number of nitrogens with zero attached hydrogens (tertiary/aromatic N) is 1. The molecule has 2 nitrogen and oxygen atoms in total. The van der Waals surface area contributed by atoms with Gasteiger partial charge in [-0.1, -0.05) is 5.16 Å². The van der Waals surface area contributed by atoms with Crippen LogP contribution in [0.2, 0.25) is 0 Å². The highest BCUT2D eigenvalue weighted by Gasteiger charge is 2.00. The van der Waals surface area contributed by atoms with Gasteiger partial charge in [0.05, 0.1) is 6.21 Å². The highest BCUT2D eigenvalue weighted by atomic mass is 19.2. The number of rotatable bonds is 2. The topological polar surface area (TPSA) is 21.6 Å². The lowest BCUT2D eigenvalue weighted by molar-refractivity contribution is 0.215. The monoisotopic (exact) mass is 170 g/mol. The third-order valence-electron chi connectivity index (χ3n) is 1.17. The van der Waals surface area contributed by atoms with Gasteiger partial charge in [0.2, 0.25) is 0 Å². The Hall–Kier alpha value is -1.45. The molecule has 1 aromatic rings. The Labute approximate surface area is 68.5 Å². The summed E-state index contributed by atoms with van der Waals surface area (Å²) in [6, 6.07) is 4.36. The second-order valence-electron chi connectivity index (χ2n) is 2.00. The summed E-state index contributed by atoms with van der Waals surface area (Å²) in [4.78, 5) is 4.35. The first-order valence-electron chi connectivity index (χ1n) is 3.17. The predicted molar refractivity (Wildman–Crippen MR) is 39.8 cm³/mol. The minimum atomic E-state index is -0.926. The van der Waals surface area contributed by atoms with Crippen LogP contribution in [0.3, 0.4) is 0 Å². The van der Waals surface area contributed by atoms with Crippen LogP contribution in [-0.4, -0.2) is 13.3 Å². The van der Waals surface area contributed by atoms with Crippen LogP contribution in [0.15, 0.2) is 17.3 Å². The number of hydrogen-bond acceptors (Lipinski definition) is 2. The van der Waals surface area contributed by atoms with E-state index in [2.05, 4.69) is 16.1 Å². The summed E-state index contributed by atoms with van der Waals surface area (Å²) >= 11 is 0. The van der Waals surface area contributed by atoms with Crippen molar-refractivity contribution in [3.63, 3.8) is 0 Å². The molecule has 0 aliphatic carbocycles. The molecule has 0 unspecified atom stereocenters. The van der Waals surface area contributed by atoms with E-state index >= 15 is 0 Å². The van der Waals surface area contributed by atoms with Gasteiger partial charge in [0.25, 0.3) is 0 Å². The van der Waals surface area contributed by atoms with Gasteiger partial charge in [0.1, 0.15) is 7.11 Å². The molecule has 0 amide bonds. The van der Waals surface area contributed by atoms with Crippen LogP contribution in [0.5, 0.6) is 0 Å². The molecular formula is C8H6F2NO. The molecule has 0 aliphatic heterocycles. The molecule has 0 bridgehead atoms. The van der Waals surface area contributed by atoms with Crippen molar-refractivity contribution in [3.8, 4) is 0 Å². The number of halogens is 2. The Kier molecular flexibility index (Phi) is 2.74. The summed E-state index contributed by atoms with van der Waals surface area (Å²) in [5.74, 6) is -1.85. The minimum absolute atomic E-state index is 0.329. The van der Waals surface area contributed by atoms with Crippen LogP contribution < -0.4 is 0 Å². The largest absolute Gasteiger partial charge is 0.399 e. The molecule has 1 radical (unpaired) electrons. The van der Waals surface area contributed by atoms with Gasteiger partial charge in [-0.25, -0.2) is 8.78 Å². The van der Waals surface area contributed by atoms with Gasteiger partial charge in [-0.3, -0.25) is 0 Å². The zero-order valence-corrected chi connectivity index (χ0v) is 6.34. The molecule has 1 aromatic carbocycles. The average molecular weight is 170 g/mol. The van der Waals surface area contributed by atoms with E-state index < -0.39 is 11.6 Å². The van der Waals surface area contributed by atoms with E-state index in [4.69, 9.17) is 0 Å². The lowest BCUT2D eigenvalue weighted by Gasteiger charge is -1.93. The molecule has 4 heteroatoms. The number of benzene rings is 1. The van der Waals surface area contributed by atoms with Gasteiger partial charge < -0.3 is 4.84 Å². The van der Waals surface area contributed by atoms with E-state index in [1.807, 2.05) is 0 Å². The van der Waals surface area contributed by atoms with Crippen molar-refractivity contribution in [3.05, 3.63) is 35.4 Å². The predicted octanol–water partition coefficient (Wildman–Crippen LogP) is 1.75. The first kappa shape index (κ1) is 8.64. The van der Waals surface area contributed by atoms with Crippen molar-refractivity contribution in [1.82, 2.24) is 0 Å². The summed E-state index contributed by atoms with van der Waals surface area (Å²) in [7, 11) is 1.36. The van der Waals surface area contributed by atoms with Crippen LogP contribution in [-0.2, 0) is 4.84 Å². The number of hydrogen-bond donors (Lipinski definition) is 0. The second-order valence-corrected chi connectivity index (χ2v) is 2.00. The summed E-state index contributed by atoms with van der Waals surface area (Å²) in [5.41, 5.74) is 0.329. The Bertz CT molecular complexity index is 299. The van der Waals surface area contributed by atoms with Crippen molar-refractivity contribution in [2.75, 3.05) is 7.11 Å². The fourth-order valence-corrected chi connectivity index (χ4v) is 0.647. The molecule has 0 fully saturated rings. The van der Waals surface area contributed by atoms with E-state index in [0.717, 1.165) is 12.1 Å².